The Morgan fingerprint density at radius 3 is 2.72 bits per heavy atom. The van der Waals surface area contributed by atoms with Crippen molar-refractivity contribution in [1.82, 2.24) is 14.5 Å². The van der Waals surface area contributed by atoms with Gasteiger partial charge in [-0.1, -0.05) is 24.3 Å². The van der Waals surface area contributed by atoms with E-state index >= 15 is 0 Å². The zero-order chi connectivity index (χ0) is 20.2. The Hall–Kier alpha value is -2.76. The molecule has 2 aliphatic rings. The summed E-state index contributed by atoms with van der Waals surface area (Å²) in [5.74, 6) is 0.786. The largest absolute Gasteiger partial charge is 0.343 e. The maximum atomic E-state index is 12.6. The first-order valence-electron chi connectivity index (χ1n) is 10.5. The molecule has 0 saturated carbocycles. The van der Waals surface area contributed by atoms with Crippen LogP contribution in [0.4, 0.5) is 0 Å². The highest BCUT2D eigenvalue weighted by molar-refractivity contribution is 5.94. The number of aromatic nitrogens is 2. The summed E-state index contributed by atoms with van der Waals surface area (Å²) < 4.78 is 1.77. The molecule has 3 heterocycles. The van der Waals surface area contributed by atoms with Gasteiger partial charge in [-0.15, -0.1) is 0 Å². The number of hydrogen-bond acceptors (Lipinski definition) is 4. The van der Waals surface area contributed by atoms with Crippen LogP contribution in [0.1, 0.15) is 49.1 Å². The third-order valence-corrected chi connectivity index (χ3v) is 6.06. The number of rotatable bonds is 6. The van der Waals surface area contributed by atoms with Crippen LogP contribution < -0.4 is 10.6 Å². The summed E-state index contributed by atoms with van der Waals surface area (Å²) in [5, 5.41) is 2.28. The highest BCUT2D eigenvalue weighted by Crippen LogP contribution is 2.22. The Kier molecular flexibility index (Phi) is 5.88. The fraction of sp³-hybridized carbons (Fsp3) is 0.478. The second-order valence-corrected chi connectivity index (χ2v) is 8.05. The second-order valence-electron chi connectivity index (χ2n) is 8.05. The molecule has 0 aliphatic carbocycles. The number of carbonyl (C=O) groups excluding carboxylic acids is 2. The van der Waals surface area contributed by atoms with E-state index in [0.29, 0.717) is 25.3 Å². The van der Waals surface area contributed by atoms with Crippen molar-refractivity contribution in [3.63, 3.8) is 0 Å². The molecule has 29 heavy (non-hydrogen) atoms. The summed E-state index contributed by atoms with van der Waals surface area (Å²) in [6.07, 6.45) is 10.4. The van der Waals surface area contributed by atoms with Crippen molar-refractivity contribution in [3.8, 4) is 0 Å². The molecular weight excluding hydrogens is 364 g/mol. The van der Waals surface area contributed by atoms with Crippen molar-refractivity contribution >= 4 is 17.8 Å². The number of benzene rings is 1. The Bertz CT molecular complexity index is 1000. The summed E-state index contributed by atoms with van der Waals surface area (Å²) >= 11 is 0. The lowest BCUT2D eigenvalue weighted by molar-refractivity contribution is -0.132. The van der Waals surface area contributed by atoms with Gasteiger partial charge in [-0.25, -0.2) is 4.98 Å². The lowest BCUT2D eigenvalue weighted by atomic mass is 9.91. The normalized spacial score (nSPS) is 19.2. The third-order valence-electron chi connectivity index (χ3n) is 6.06. The molecule has 1 atom stereocenters. The molecule has 0 bridgehead atoms. The Labute approximate surface area is 171 Å². The highest BCUT2D eigenvalue weighted by atomic mass is 16.2. The first kappa shape index (κ1) is 19.6. The summed E-state index contributed by atoms with van der Waals surface area (Å²) in [6, 6.07) is 8.49. The molecular formula is C23H28N4O2. The molecule has 0 N–H and O–H groups in total. The van der Waals surface area contributed by atoms with Gasteiger partial charge in [0.05, 0.1) is 11.4 Å². The average molecular weight is 393 g/mol. The molecule has 1 amide bonds. The molecule has 1 saturated heterocycles. The van der Waals surface area contributed by atoms with Crippen LogP contribution in [0.15, 0.2) is 41.7 Å². The fourth-order valence-electron chi connectivity index (χ4n) is 4.30. The lowest BCUT2D eigenvalue weighted by Gasteiger charge is -2.31. The van der Waals surface area contributed by atoms with E-state index in [2.05, 4.69) is 23.2 Å². The highest BCUT2D eigenvalue weighted by Gasteiger charge is 2.29. The van der Waals surface area contributed by atoms with E-state index in [1.807, 2.05) is 24.1 Å². The van der Waals surface area contributed by atoms with Gasteiger partial charge in [0.15, 0.2) is 5.82 Å². The van der Waals surface area contributed by atoms with Crippen LogP contribution in [0, 0.1) is 5.92 Å². The van der Waals surface area contributed by atoms with Gasteiger partial charge in [-0.05, 0) is 43.4 Å². The van der Waals surface area contributed by atoms with Gasteiger partial charge in [0, 0.05) is 44.9 Å². The Morgan fingerprint density at radius 1 is 1.17 bits per heavy atom. The van der Waals surface area contributed by atoms with Crippen molar-refractivity contribution in [2.75, 3.05) is 13.1 Å². The monoisotopic (exact) mass is 392 g/mol. The molecule has 0 spiro atoms. The topological polar surface area (TPSA) is 67.6 Å². The number of Topliss-reactive ketones (excluding diaryl/α,β-unsaturated/α-hetero) is 1. The molecule has 1 unspecified atom stereocenters. The van der Waals surface area contributed by atoms with Crippen LogP contribution in [0.5, 0.6) is 0 Å². The van der Waals surface area contributed by atoms with E-state index in [0.717, 1.165) is 37.5 Å². The summed E-state index contributed by atoms with van der Waals surface area (Å²) in [5.41, 5.74) is 0. The minimum absolute atomic E-state index is 0.0307. The molecule has 2 aromatic rings. The number of para-hydroxylation sites is 1. The minimum Gasteiger partial charge on any atom is -0.343 e. The number of fused-ring (bicyclic) bond motifs is 1. The lowest BCUT2D eigenvalue weighted by Crippen LogP contribution is -2.40. The number of carbonyl (C=O) groups is 2. The van der Waals surface area contributed by atoms with Crippen molar-refractivity contribution in [2.24, 2.45) is 18.0 Å². The second kappa shape index (κ2) is 8.72. The first-order chi connectivity index (χ1) is 14.1. The van der Waals surface area contributed by atoms with E-state index in [4.69, 9.17) is 4.99 Å². The molecule has 6 heteroatoms. The van der Waals surface area contributed by atoms with Gasteiger partial charge in [0.1, 0.15) is 0 Å². The van der Waals surface area contributed by atoms with E-state index in [1.54, 1.807) is 17.0 Å². The Morgan fingerprint density at radius 2 is 1.97 bits per heavy atom. The first-order valence-corrected chi connectivity index (χ1v) is 10.5. The number of ketones is 1. The SMILES string of the molecule is Cn1ccnc1C(=O)C1CCN(C(=O)CCCC2CC=c3ccccc3=N2)CC1. The maximum Gasteiger partial charge on any atom is 0.222 e. The van der Waals surface area contributed by atoms with E-state index in [9.17, 15) is 9.59 Å². The van der Waals surface area contributed by atoms with Gasteiger partial charge >= 0.3 is 0 Å². The molecule has 1 aromatic carbocycles. The number of amides is 1. The number of likely N-dealkylation sites (tertiary alicyclic amines) is 1. The predicted octanol–water partition coefficient (Wildman–Crippen LogP) is 1.88. The summed E-state index contributed by atoms with van der Waals surface area (Å²) in [4.78, 5) is 36.1. The van der Waals surface area contributed by atoms with Gasteiger partial charge in [0.25, 0.3) is 0 Å². The minimum atomic E-state index is -0.0307. The summed E-state index contributed by atoms with van der Waals surface area (Å²) in [6.45, 7) is 1.32. The molecule has 152 valence electrons. The smallest absolute Gasteiger partial charge is 0.222 e. The fourth-order valence-corrected chi connectivity index (χ4v) is 4.30. The van der Waals surface area contributed by atoms with Gasteiger partial charge < -0.3 is 9.47 Å². The number of piperidine rings is 1. The van der Waals surface area contributed by atoms with Crippen molar-refractivity contribution in [3.05, 3.63) is 53.1 Å². The zero-order valence-corrected chi connectivity index (χ0v) is 17.0. The molecule has 6 nitrogen and oxygen atoms in total. The number of imidazole rings is 1. The van der Waals surface area contributed by atoms with E-state index < -0.39 is 0 Å². The number of hydrogen-bond donors (Lipinski definition) is 0. The molecule has 4 rings (SSSR count). The van der Waals surface area contributed by atoms with Crippen LogP contribution in [0.2, 0.25) is 0 Å². The zero-order valence-electron chi connectivity index (χ0n) is 17.0. The van der Waals surface area contributed by atoms with Gasteiger partial charge in [-0.2, -0.15) is 0 Å². The van der Waals surface area contributed by atoms with Crippen molar-refractivity contribution in [2.45, 2.75) is 44.6 Å². The Balaban J connectivity index is 1.22. The van der Waals surface area contributed by atoms with Crippen LogP contribution in [0.3, 0.4) is 0 Å². The third kappa shape index (κ3) is 4.47. The molecule has 1 aromatic heterocycles. The quantitative estimate of drug-likeness (QED) is 0.705. The van der Waals surface area contributed by atoms with Crippen LogP contribution in [0.25, 0.3) is 6.08 Å². The number of nitrogens with zero attached hydrogens (tertiary/aromatic N) is 4. The molecule has 2 aliphatic heterocycles. The van der Waals surface area contributed by atoms with Crippen LogP contribution in [-0.2, 0) is 11.8 Å². The maximum absolute atomic E-state index is 12.6. The van der Waals surface area contributed by atoms with Gasteiger partial charge in [0.2, 0.25) is 11.7 Å². The van der Waals surface area contributed by atoms with Crippen LogP contribution in [-0.4, -0.2) is 45.3 Å². The standard InChI is InChI=1S/C23H28N4O2/c1-26-16-13-24-23(26)22(29)18-11-14-27(15-12-18)21(28)8-4-6-19-10-9-17-5-2-3-7-20(17)25-19/h2-3,5,7,9,13,16,18-19H,4,6,8,10-12,14-15H2,1H3. The average Bonchev–Trinajstić information content (AvgIpc) is 3.19. The summed E-state index contributed by atoms with van der Waals surface area (Å²) in [7, 11) is 1.84. The number of aryl methyl sites for hydroxylation is 1. The van der Waals surface area contributed by atoms with E-state index in [-0.39, 0.29) is 23.7 Å². The van der Waals surface area contributed by atoms with Gasteiger partial charge in [-0.3, -0.25) is 14.6 Å². The predicted molar refractivity (Wildman–Crippen MR) is 111 cm³/mol. The van der Waals surface area contributed by atoms with E-state index in [1.165, 1.54) is 5.22 Å². The molecule has 1 fully saturated rings. The van der Waals surface area contributed by atoms with Crippen molar-refractivity contribution < 1.29 is 9.59 Å². The molecule has 0 radical (unpaired) electrons. The van der Waals surface area contributed by atoms with Crippen LogP contribution >= 0.6 is 0 Å². The van der Waals surface area contributed by atoms with Crippen molar-refractivity contribution in [1.29, 1.82) is 0 Å².